The van der Waals surface area contributed by atoms with Crippen molar-refractivity contribution in [2.75, 3.05) is 13.2 Å². The number of halogens is 2. The third kappa shape index (κ3) is 2.77. The van der Waals surface area contributed by atoms with Crippen molar-refractivity contribution in [2.24, 2.45) is 0 Å². The molecule has 2 nitrogen and oxygen atoms in total. The van der Waals surface area contributed by atoms with Gasteiger partial charge in [0.2, 0.25) is 0 Å². The van der Waals surface area contributed by atoms with Gasteiger partial charge in [-0.25, -0.2) is 0 Å². The Bertz CT molecular complexity index is 335. The molecule has 4 heteroatoms. The lowest BCUT2D eigenvalue weighted by Gasteiger charge is -2.14. The Morgan fingerprint density at radius 2 is 2.33 bits per heavy atom. The lowest BCUT2D eigenvalue weighted by Crippen LogP contribution is -2.16. The zero-order valence-corrected chi connectivity index (χ0v) is 9.72. The molecule has 82 valence electrons. The normalized spacial score (nSPS) is 20.5. The fraction of sp³-hybridized carbons (Fsp3) is 0.455. The van der Waals surface area contributed by atoms with Crippen molar-refractivity contribution < 1.29 is 9.47 Å². The Morgan fingerprint density at radius 1 is 1.47 bits per heavy atom. The first-order valence-electron chi connectivity index (χ1n) is 4.88. The van der Waals surface area contributed by atoms with Crippen molar-refractivity contribution >= 4 is 23.2 Å². The molecule has 0 aliphatic carbocycles. The van der Waals surface area contributed by atoms with E-state index in [2.05, 4.69) is 0 Å². The molecule has 1 aromatic rings. The summed E-state index contributed by atoms with van der Waals surface area (Å²) in [7, 11) is 0. The highest BCUT2D eigenvalue weighted by Crippen LogP contribution is 2.26. The zero-order chi connectivity index (χ0) is 10.7. The fourth-order valence-corrected chi connectivity index (χ4v) is 1.96. The highest BCUT2D eigenvalue weighted by Gasteiger charge is 2.18. The van der Waals surface area contributed by atoms with Crippen LogP contribution in [0.4, 0.5) is 0 Å². The van der Waals surface area contributed by atoms with E-state index in [1.165, 1.54) is 0 Å². The molecule has 1 aliphatic heterocycles. The van der Waals surface area contributed by atoms with Gasteiger partial charge < -0.3 is 9.47 Å². The van der Waals surface area contributed by atoms with Crippen LogP contribution in [0.1, 0.15) is 12.0 Å². The largest absolute Gasteiger partial charge is 0.488 e. The van der Waals surface area contributed by atoms with E-state index < -0.39 is 0 Å². The van der Waals surface area contributed by atoms with Crippen LogP contribution >= 0.6 is 23.2 Å². The Hall–Kier alpha value is -0.440. The SMILES string of the molecule is ClCc1cc(Cl)ccc1OC1CCOC1. The molecule has 1 unspecified atom stereocenters. The lowest BCUT2D eigenvalue weighted by molar-refractivity contribution is 0.141. The van der Waals surface area contributed by atoms with Crippen molar-refractivity contribution in [3.63, 3.8) is 0 Å². The zero-order valence-electron chi connectivity index (χ0n) is 8.21. The van der Waals surface area contributed by atoms with Crippen molar-refractivity contribution in [3.05, 3.63) is 28.8 Å². The van der Waals surface area contributed by atoms with Gasteiger partial charge in [0.05, 0.1) is 19.1 Å². The number of ether oxygens (including phenoxy) is 2. The Labute approximate surface area is 99.1 Å². The minimum Gasteiger partial charge on any atom is -0.488 e. The van der Waals surface area contributed by atoms with Crippen molar-refractivity contribution in [1.82, 2.24) is 0 Å². The molecule has 0 amide bonds. The van der Waals surface area contributed by atoms with Gasteiger partial charge >= 0.3 is 0 Å². The molecule has 0 bridgehead atoms. The molecule has 0 spiro atoms. The van der Waals surface area contributed by atoms with Crippen LogP contribution in [0.25, 0.3) is 0 Å². The van der Waals surface area contributed by atoms with E-state index in [1.807, 2.05) is 18.2 Å². The molecule has 1 fully saturated rings. The minimum absolute atomic E-state index is 0.146. The van der Waals surface area contributed by atoms with Crippen molar-refractivity contribution in [2.45, 2.75) is 18.4 Å². The van der Waals surface area contributed by atoms with Crippen LogP contribution in [0.2, 0.25) is 5.02 Å². The summed E-state index contributed by atoms with van der Waals surface area (Å²) < 4.78 is 11.0. The summed E-state index contributed by atoms with van der Waals surface area (Å²) in [6.07, 6.45) is 1.08. The van der Waals surface area contributed by atoms with Gasteiger partial charge in [0.25, 0.3) is 0 Å². The molecule has 1 heterocycles. The minimum atomic E-state index is 0.146. The number of benzene rings is 1. The van der Waals surface area contributed by atoms with Crippen LogP contribution in [-0.2, 0) is 10.6 Å². The van der Waals surface area contributed by atoms with Crippen LogP contribution < -0.4 is 4.74 Å². The van der Waals surface area contributed by atoms with Gasteiger partial charge in [0.1, 0.15) is 11.9 Å². The molecule has 1 aliphatic rings. The van der Waals surface area contributed by atoms with Gasteiger partial charge in [-0.1, -0.05) is 11.6 Å². The molecule has 0 N–H and O–H groups in total. The summed E-state index contributed by atoms with van der Waals surface area (Å²) >= 11 is 11.7. The van der Waals surface area contributed by atoms with Crippen molar-refractivity contribution in [1.29, 1.82) is 0 Å². The second-order valence-corrected chi connectivity index (χ2v) is 4.19. The van der Waals surface area contributed by atoms with E-state index in [0.717, 1.165) is 24.3 Å². The highest BCUT2D eigenvalue weighted by molar-refractivity contribution is 6.30. The predicted octanol–water partition coefficient (Wildman–Crippen LogP) is 3.25. The summed E-state index contributed by atoms with van der Waals surface area (Å²) in [6.45, 7) is 1.43. The molecule has 1 aromatic carbocycles. The smallest absolute Gasteiger partial charge is 0.124 e. The van der Waals surface area contributed by atoms with Gasteiger partial charge in [0.15, 0.2) is 0 Å². The summed E-state index contributed by atoms with van der Waals surface area (Å²) in [5.41, 5.74) is 0.927. The first-order valence-corrected chi connectivity index (χ1v) is 5.79. The van der Waals surface area contributed by atoms with Crippen LogP contribution in [0.15, 0.2) is 18.2 Å². The predicted molar refractivity (Wildman–Crippen MR) is 60.9 cm³/mol. The Balaban J connectivity index is 2.12. The van der Waals surface area contributed by atoms with E-state index in [1.54, 1.807) is 0 Å². The van der Waals surface area contributed by atoms with Crippen LogP contribution in [0, 0.1) is 0 Å². The third-order valence-corrected chi connectivity index (χ3v) is 2.87. The quantitative estimate of drug-likeness (QED) is 0.763. The number of rotatable bonds is 3. The first-order chi connectivity index (χ1) is 7.29. The molecule has 0 radical (unpaired) electrons. The summed E-state index contributed by atoms with van der Waals surface area (Å²) in [4.78, 5) is 0. The highest BCUT2D eigenvalue weighted by atomic mass is 35.5. The molecule has 0 saturated carbocycles. The summed E-state index contributed by atoms with van der Waals surface area (Å²) in [6, 6.07) is 5.50. The topological polar surface area (TPSA) is 18.5 Å². The van der Waals surface area contributed by atoms with Gasteiger partial charge in [-0.15, -0.1) is 11.6 Å². The summed E-state index contributed by atoms with van der Waals surface area (Å²) in [5, 5.41) is 0.681. The molecule has 15 heavy (non-hydrogen) atoms. The molecule has 1 saturated heterocycles. The Kier molecular flexibility index (Phi) is 3.73. The number of hydrogen-bond donors (Lipinski definition) is 0. The number of hydrogen-bond acceptors (Lipinski definition) is 2. The van der Waals surface area contributed by atoms with E-state index in [0.29, 0.717) is 17.5 Å². The average molecular weight is 247 g/mol. The van der Waals surface area contributed by atoms with Crippen molar-refractivity contribution in [3.8, 4) is 5.75 Å². The van der Waals surface area contributed by atoms with E-state index in [9.17, 15) is 0 Å². The molecule has 2 rings (SSSR count). The monoisotopic (exact) mass is 246 g/mol. The maximum Gasteiger partial charge on any atom is 0.124 e. The summed E-state index contributed by atoms with van der Waals surface area (Å²) in [5.74, 6) is 1.22. The molecular weight excluding hydrogens is 235 g/mol. The maximum atomic E-state index is 5.87. The van der Waals surface area contributed by atoms with Crippen LogP contribution in [0.3, 0.4) is 0 Å². The number of alkyl halides is 1. The van der Waals surface area contributed by atoms with Gasteiger partial charge in [-0.05, 0) is 18.2 Å². The molecular formula is C11H12Cl2O2. The standard InChI is InChI=1S/C11H12Cl2O2/c12-6-8-5-9(13)1-2-11(8)15-10-3-4-14-7-10/h1-2,5,10H,3-4,6-7H2. The van der Waals surface area contributed by atoms with Gasteiger partial charge in [0, 0.05) is 17.0 Å². The molecule has 0 aromatic heterocycles. The molecule has 1 atom stereocenters. The van der Waals surface area contributed by atoms with Gasteiger partial charge in [-0.3, -0.25) is 0 Å². The average Bonchev–Trinajstić information content (AvgIpc) is 2.73. The fourth-order valence-electron chi connectivity index (χ4n) is 1.55. The second-order valence-electron chi connectivity index (χ2n) is 3.49. The first kappa shape index (κ1) is 11.1. The Morgan fingerprint density at radius 3 is 3.00 bits per heavy atom. The van der Waals surface area contributed by atoms with E-state index >= 15 is 0 Å². The van der Waals surface area contributed by atoms with Crippen LogP contribution in [-0.4, -0.2) is 19.3 Å². The second kappa shape index (κ2) is 5.06. The maximum absolute atomic E-state index is 5.87. The van der Waals surface area contributed by atoms with Crippen LogP contribution in [0.5, 0.6) is 5.75 Å². The van der Waals surface area contributed by atoms with Gasteiger partial charge in [-0.2, -0.15) is 0 Å². The van der Waals surface area contributed by atoms with E-state index in [-0.39, 0.29) is 6.10 Å². The third-order valence-electron chi connectivity index (χ3n) is 2.35. The van der Waals surface area contributed by atoms with E-state index in [4.69, 9.17) is 32.7 Å². The lowest BCUT2D eigenvalue weighted by atomic mass is 10.2.